The summed E-state index contributed by atoms with van der Waals surface area (Å²) in [7, 11) is 0. The molecule has 2 rings (SSSR count). The summed E-state index contributed by atoms with van der Waals surface area (Å²) in [5, 5.41) is 10.8. The highest BCUT2D eigenvalue weighted by molar-refractivity contribution is 7.15. The number of aromatic nitrogens is 1. The van der Waals surface area contributed by atoms with Crippen molar-refractivity contribution >= 4 is 22.3 Å². The zero-order valence-corrected chi connectivity index (χ0v) is 11.4. The molecular weight excluding hydrogens is 254 g/mol. The molecule has 1 aromatic heterocycles. The van der Waals surface area contributed by atoms with Gasteiger partial charge in [0, 0.05) is 13.1 Å². The second kappa shape index (κ2) is 5.62. The fraction of sp³-hybridized carbons (Fsp3) is 0.727. The predicted molar refractivity (Wildman–Crippen MR) is 70.3 cm³/mol. The lowest BCUT2D eigenvalue weighted by atomic mass is 10.1. The Labute approximate surface area is 110 Å². The van der Waals surface area contributed by atoms with Crippen LogP contribution < -0.4 is 4.90 Å². The number of ether oxygens (including phenoxy) is 1. The van der Waals surface area contributed by atoms with Gasteiger partial charge in [-0.15, -0.1) is 0 Å². The number of nitro groups is 1. The van der Waals surface area contributed by atoms with E-state index < -0.39 is 4.92 Å². The minimum Gasteiger partial charge on any atom is -0.378 e. The average molecular weight is 271 g/mol. The number of thiazole rings is 1. The molecule has 100 valence electrons. The maximum absolute atomic E-state index is 10.8. The molecule has 0 amide bonds. The third-order valence-corrected chi connectivity index (χ3v) is 3.74. The van der Waals surface area contributed by atoms with Crippen molar-refractivity contribution in [1.82, 2.24) is 4.98 Å². The van der Waals surface area contributed by atoms with Crippen molar-refractivity contribution < 1.29 is 9.66 Å². The normalized spacial score (nSPS) is 16.3. The highest BCUT2D eigenvalue weighted by Gasteiger charge is 2.27. The first kappa shape index (κ1) is 13.2. The molecule has 0 aliphatic carbocycles. The third kappa shape index (κ3) is 2.97. The molecule has 0 unspecified atom stereocenters. The molecule has 1 fully saturated rings. The van der Waals surface area contributed by atoms with Crippen LogP contribution in [0.25, 0.3) is 0 Å². The van der Waals surface area contributed by atoms with Gasteiger partial charge >= 0.3 is 5.13 Å². The summed E-state index contributed by atoms with van der Waals surface area (Å²) in [5.41, 5.74) is 0. The molecule has 18 heavy (non-hydrogen) atoms. The molecule has 1 saturated heterocycles. The Kier molecular flexibility index (Phi) is 4.13. The van der Waals surface area contributed by atoms with Crippen LogP contribution in [-0.2, 0) is 11.2 Å². The van der Waals surface area contributed by atoms with Gasteiger partial charge in [-0.3, -0.25) is 0 Å². The van der Waals surface area contributed by atoms with Gasteiger partial charge in [-0.1, -0.05) is 13.8 Å². The second-order valence-electron chi connectivity index (χ2n) is 4.70. The molecule has 0 saturated carbocycles. The van der Waals surface area contributed by atoms with Gasteiger partial charge in [-0.25, -0.2) is 0 Å². The first-order valence-electron chi connectivity index (χ1n) is 6.04. The number of nitrogens with zero attached hydrogens (tertiary/aromatic N) is 3. The minimum absolute atomic E-state index is 0.00728. The first-order chi connectivity index (χ1) is 8.58. The summed E-state index contributed by atoms with van der Waals surface area (Å²) in [5.74, 6) is 1.24. The number of morpholine rings is 1. The van der Waals surface area contributed by atoms with Gasteiger partial charge < -0.3 is 19.8 Å². The smallest absolute Gasteiger partial charge is 0.378 e. The Balaban J connectivity index is 2.27. The fourth-order valence-electron chi connectivity index (χ4n) is 1.94. The number of rotatable bonds is 4. The van der Waals surface area contributed by atoms with Gasteiger partial charge in [-0.2, -0.15) is 0 Å². The van der Waals surface area contributed by atoms with Crippen molar-refractivity contribution in [3.63, 3.8) is 0 Å². The fourth-order valence-corrected chi connectivity index (χ4v) is 3.05. The van der Waals surface area contributed by atoms with Crippen LogP contribution in [-0.4, -0.2) is 36.2 Å². The molecule has 0 aromatic carbocycles. The SMILES string of the molecule is CC(C)Cc1sc([N+](=O)[O-])nc1N1CCOCC1. The lowest BCUT2D eigenvalue weighted by Gasteiger charge is -2.25. The molecule has 0 bridgehead atoms. The van der Waals surface area contributed by atoms with Gasteiger partial charge in [-0.05, 0) is 33.6 Å². The van der Waals surface area contributed by atoms with E-state index in [1.165, 1.54) is 11.3 Å². The van der Waals surface area contributed by atoms with Gasteiger partial charge in [0.2, 0.25) is 0 Å². The van der Waals surface area contributed by atoms with Crippen LogP contribution in [0.2, 0.25) is 0 Å². The topological polar surface area (TPSA) is 68.5 Å². The van der Waals surface area contributed by atoms with Crippen molar-refractivity contribution in [3.8, 4) is 0 Å². The summed E-state index contributed by atoms with van der Waals surface area (Å²) in [6.07, 6.45) is 0.832. The van der Waals surface area contributed by atoms with Crippen molar-refractivity contribution in [2.75, 3.05) is 31.2 Å². The molecule has 0 N–H and O–H groups in total. The lowest BCUT2D eigenvalue weighted by molar-refractivity contribution is -0.384. The van der Waals surface area contributed by atoms with Gasteiger partial charge in [0.15, 0.2) is 0 Å². The molecule has 0 atom stereocenters. The highest BCUT2D eigenvalue weighted by Crippen LogP contribution is 2.33. The molecule has 1 aliphatic heterocycles. The first-order valence-corrected chi connectivity index (χ1v) is 6.86. The summed E-state index contributed by atoms with van der Waals surface area (Å²) in [4.78, 5) is 17.7. The van der Waals surface area contributed by atoms with E-state index in [-0.39, 0.29) is 5.13 Å². The zero-order valence-electron chi connectivity index (χ0n) is 10.6. The van der Waals surface area contributed by atoms with Crippen LogP contribution >= 0.6 is 11.3 Å². The summed E-state index contributed by atoms with van der Waals surface area (Å²) in [6.45, 7) is 7.04. The molecular formula is C11H17N3O3S. The maximum Gasteiger partial charge on any atom is 0.425 e. The van der Waals surface area contributed by atoms with E-state index in [4.69, 9.17) is 4.74 Å². The van der Waals surface area contributed by atoms with Crippen LogP contribution in [0.15, 0.2) is 0 Å². The highest BCUT2D eigenvalue weighted by atomic mass is 32.1. The van der Waals surface area contributed by atoms with E-state index in [2.05, 4.69) is 23.7 Å². The van der Waals surface area contributed by atoms with Gasteiger partial charge in [0.1, 0.15) is 0 Å². The lowest BCUT2D eigenvalue weighted by Crippen LogP contribution is -2.37. The quantitative estimate of drug-likeness (QED) is 0.619. The molecule has 7 heteroatoms. The van der Waals surface area contributed by atoms with E-state index in [0.29, 0.717) is 19.1 Å². The van der Waals surface area contributed by atoms with Crippen LogP contribution in [0, 0.1) is 16.0 Å². The van der Waals surface area contributed by atoms with E-state index >= 15 is 0 Å². The van der Waals surface area contributed by atoms with Gasteiger partial charge in [0.25, 0.3) is 5.82 Å². The van der Waals surface area contributed by atoms with Crippen LogP contribution in [0.3, 0.4) is 0 Å². The molecule has 0 radical (unpaired) electrons. The third-order valence-electron chi connectivity index (χ3n) is 2.73. The molecule has 0 spiro atoms. The van der Waals surface area contributed by atoms with Gasteiger partial charge in [0.05, 0.1) is 18.1 Å². The van der Waals surface area contributed by atoms with E-state index in [1.807, 2.05) is 0 Å². The van der Waals surface area contributed by atoms with E-state index in [1.54, 1.807) is 0 Å². The largest absolute Gasteiger partial charge is 0.425 e. The minimum atomic E-state index is -0.404. The Morgan fingerprint density at radius 1 is 1.50 bits per heavy atom. The Bertz CT molecular complexity index is 427. The number of anilines is 1. The van der Waals surface area contributed by atoms with Crippen LogP contribution in [0.4, 0.5) is 10.9 Å². The van der Waals surface area contributed by atoms with Crippen LogP contribution in [0.1, 0.15) is 18.7 Å². The molecule has 6 nitrogen and oxygen atoms in total. The maximum atomic E-state index is 10.8. The Hall–Kier alpha value is -1.21. The second-order valence-corrected chi connectivity index (χ2v) is 5.76. The van der Waals surface area contributed by atoms with Crippen molar-refractivity contribution in [3.05, 3.63) is 15.0 Å². The van der Waals surface area contributed by atoms with Crippen molar-refractivity contribution in [2.24, 2.45) is 5.92 Å². The summed E-state index contributed by atoms with van der Waals surface area (Å²) >= 11 is 1.20. The van der Waals surface area contributed by atoms with Crippen molar-refractivity contribution in [2.45, 2.75) is 20.3 Å². The zero-order chi connectivity index (χ0) is 13.1. The standard InChI is InChI=1S/C11H17N3O3S/c1-8(2)7-9-10(12-11(18-9)14(15)16)13-3-5-17-6-4-13/h8H,3-7H2,1-2H3. The van der Waals surface area contributed by atoms with E-state index in [0.717, 1.165) is 30.2 Å². The summed E-state index contributed by atoms with van der Waals surface area (Å²) in [6, 6.07) is 0. The van der Waals surface area contributed by atoms with Crippen LogP contribution in [0.5, 0.6) is 0 Å². The predicted octanol–water partition coefficient (Wildman–Crippen LogP) is 2.09. The average Bonchev–Trinajstić information content (AvgIpc) is 2.73. The monoisotopic (exact) mass is 271 g/mol. The summed E-state index contributed by atoms with van der Waals surface area (Å²) < 4.78 is 5.30. The Morgan fingerprint density at radius 3 is 2.72 bits per heavy atom. The van der Waals surface area contributed by atoms with Crippen molar-refractivity contribution in [1.29, 1.82) is 0 Å². The molecule has 1 aliphatic rings. The molecule has 2 heterocycles. The number of hydrogen-bond acceptors (Lipinski definition) is 6. The van der Waals surface area contributed by atoms with E-state index in [9.17, 15) is 10.1 Å². The number of hydrogen-bond donors (Lipinski definition) is 0. The molecule has 1 aromatic rings. The Morgan fingerprint density at radius 2 is 2.17 bits per heavy atom.